The molecule has 306 valence electrons. The summed E-state index contributed by atoms with van der Waals surface area (Å²) in [6.45, 7) is 0. The summed E-state index contributed by atoms with van der Waals surface area (Å²) in [7, 11) is 0. The lowest BCUT2D eigenvalue weighted by Crippen LogP contribution is -1.93. The van der Waals surface area contributed by atoms with Gasteiger partial charge in [-0.1, -0.05) is 237 Å². The van der Waals surface area contributed by atoms with E-state index in [1.165, 1.54) is 244 Å². The highest BCUT2D eigenvalue weighted by Crippen LogP contribution is 2.17. The number of unbranched alkanes of at least 4 members (excludes halogenated alkanes) is 39. The van der Waals surface area contributed by atoms with Gasteiger partial charge in [0.2, 0.25) is 0 Å². The first-order chi connectivity index (χ1) is 25.6. The van der Waals surface area contributed by atoms with Crippen molar-refractivity contribution < 1.29 is 19.8 Å². The number of allylic oxidation sites excluding steroid dienone is 3. The number of carboxylic acid groups (broad SMARTS) is 2. The predicted octanol–water partition coefficient (Wildman–Crippen LogP) is 16.7. The zero-order valence-electron chi connectivity index (χ0n) is 34.7. The van der Waals surface area contributed by atoms with Gasteiger partial charge in [0.1, 0.15) is 0 Å². The molecule has 0 radical (unpaired) electrons. The van der Waals surface area contributed by atoms with E-state index in [-0.39, 0.29) is 0 Å². The molecule has 0 atom stereocenters. The Morgan fingerprint density at radius 2 is 0.462 bits per heavy atom. The first kappa shape index (κ1) is 50.4. The SMILES string of the molecule is O=C(O)C=CCCCCCCCCCCCCCCCCCCCCCCCCCCCCC/C=C\CCCCCCCCCCCCCC(=O)O. The molecule has 0 unspecified atom stereocenters. The van der Waals surface area contributed by atoms with E-state index in [1.807, 2.05) is 0 Å². The third kappa shape index (κ3) is 48.4. The second-order valence-electron chi connectivity index (χ2n) is 16.2. The molecular formula is C48H90O4. The molecule has 0 saturated carbocycles. The van der Waals surface area contributed by atoms with E-state index in [0.29, 0.717) is 6.42 Å². The Morgan fingerprint density at radius 3 is 0.673 bits per heavy atom. The van der Waals surface area contributed by atoms with Crippen molar-refractivity contribution in [3.63, 3.8) is 0 Å². The van der Waals surface area contributed by atoms with Crippen LogP contribution in [0.5, 0.6) is 0 Å². The third-order valence-electron chi connectivity index (χ3n) is 10.9. The van der Waals surface area contributed by atoms with Gasteiger partial charge in [-0.25, -0.2) is 4.79 Å². The normalized spacial score (nSPS) is 11.8. The van der Waals surface area contributed by atoms with Gasteiger partial charge in [-0.15, -0.1) is 0 Å². The van der Waals surface area contributed by atoms with Crippen molar-refractivity contribution in [2.45, 2.75) is 270 Å². The number of hydrogen-bond donors (Lipinski definition) is 2. The number of carboxylic acids is 2. The van der Waals surface area contributed by atoms with Gasteiger partial charge in [-0.2, -0.15) is 0 Å². The number of aliphatic carboxylic acids is 2. The number of carbonyl (C=O) groups is 2. The van der Waals surface area contributed by atoms with Gasteiger partial charge in [0.25, 0.3) is 0 Å². The molecule has 4 nitrogen and oxygen atoms in total. The zero-order valence-corrected chi connectivity index (χ0v) is 34.7. The molecule has 0 aromatic heterocycles. The molecule has 2 N–H and O–H groups in total. The van der Waals surface area contributed by atoms with Crippen LogP contribution in [0.4, 0.5) is 0 Å². The van der Waals surface area contributed by atoms with Crippen LogP contribution in [0.25, 0.3) is 0 Å². The van der Waals surface area contributed by atoms with Crippen molar-refractivity contribution >= 4 is 11.9 Å². The topological polar surface area (TPSA) is 74.6 Å². The Bertz CT molecular complexity index is 772. The summed E-state index contributed by atoms with van der Waals surface area (Å²) in [5, 5.41) is 17.2. The van der Waals surface area contributed by atoms with Crippen molar-refractivity contribution in [1.29, 1.82) is 0 Å². The van der Waals surface area contributed by atoms with Crippen LogP contribution >= 0.6 is 0 Å². The summed E-state index contributed by atoms with van der Waals surface area (Å²) in [5.74, 6) is -1.49. The van der Waals surface area contributed by atoms with Crippen LogP contribution in [0.3, 0.4) is 0 Å². The molecule has 0 bridgehead atoms. The molecule has 0 saturated heterocycles. The fraction of sp³-hybridized carbons (Fsp3) is 0.875. The average molecular weight is 731 g/mol. The molecule has 0 aliphatic carbocycles. The minimum Gasteiger partial charge on any atom is -0.481 e. The molecule has 0 spiro atoms. The highest BCUT2D eigenvalue weighted by molar-refractivity contribution is 5.79. The molecule has 52 heavy (non-hydrogen) atoms. The van der Waals surface area contributed by atoms with E-state index in [0.717, 1.165) is 25.7 Å². The fourth-order valence-corrected chi connectivity index (χ4v) is 7.49. The molecule has 0 heterocycles. The number of hydrogen-bond acceptors (Lipinski definition) is 2. The van der Waals surface area contributed by atoms with Crippen molar-refractivity contribution in [3.8, 4) is 0 Å². The smallest absolute Gasteiger partial charge is 0.327 e. The molecule has 0 aromatic rings. The molecule has 0 aliphatic rings. The third-order valence-corrected chi connectivity index (χ3v) is 10.9. The lowest BCUT2D eigenvalue weighted by molar-refractivity contribution is -0.137. The second-order valence-corrected chi connectivity index (χ2v) is 16.2. The summed E-state index contributed by atoms with van der Waals surface area (Å²) in [4.78, 5) is 20.9. The summed E-state index contributed by atoms with van der Waals surface area (Å²) in [6, 6.07) is 0. The quantitative estimate of drug-likeness (QED) is 0.0372. The van der Waals surface area contributed by atoms with Gasteiger partial charge in [0.05, 0.1) is 0 Å². The van der Waals surface area contributed by atoms with Gasteiger partial charge in [0.15, 0.2) is 0 Å². The summed E-state index contributed by atoms with van der Waals surface area (Å²) >= 11 is 0. The van der Waals surface area contributed by atoms with Crippen molar-refractivity contribution in [2.75, 3.05) is 0 Å². The van der Waals surface area contributed by atoms with E-state index in [4.69, 9.17) is 10.2 Å². The molecule has 0 fully saturated rings. The molecule has 0 rings (SSSR count). The maximum Gasteiger partial charge on any atom is 0.327 e. The lowest BCUT2D eigenvalue weighted by atomic mass is 10.0. The van der Waals surface area contributed by atoms with Crippen LogP contribution < -0.4 is 0 Å². The van der Waals surface area contributed by atoms with Crippen LogP contribution in [-0.4, -0.2) is 22.2 Å². The molecular weight excluding hydrogens is 641 g/mol. The average Bonchev–Trinajstić information content (AvgIpc) is 3.12. The summed E-state index contributed by atoms with van der Waals surface area (Å²) in [5.41, 5.74) is 0. The standard InChI is InChI=1S/C48H90O4/c49-47(50)45-43-41-39-37-35-33-31-29-27-25-23-21-19-17-15-13-11-9-7-5-3-1-2-4-6-8-10-12-14-16-18-20-22-24-26-28-30-32-34-36-38-40-42-44-46-48(51)52/h17,19,44,46H,1-16,18,20-43,45H2,(H,49,50)(H,51,52)/b19-17-,46-44?. The fourth-order valence-electron chi connectivity index (χ4n) is 7.49. The second kappa shape index (κ2) is 45.6. The number of rotatable bonds is 45. The summed E-state index contributed by atoms with van der Waals surface area (Å²) < 4.78 is 0. The van der Waals surface area contributed by atoms with Crippen LogP contribution in [0.2, 0.25) is 0 Å². The molecule has 0 aliphatic heterocycles. The molecule has 0 aromatic carbocycles. The largest absolute Gasteiger partial charge is 0.481 e. The van der Waals surface area contributed by atoms with Crippen LogP contribution in [0.15, 0.2) is 24.3 Å². The van der Waals surface area contributed by atoms with E-state index in [2.05, 4.69) is 12.2 Å². The minimum absolute atomic E-state index is 0.338. The van der Waals surface area contributed by atoms with E-state index in [1.54, 1.807) is 6.08 Å². The van der Waals surface area contributed by atoms with Gasteiger partial charge in [-0.3, -0.25) is 4.79 Å². The highest BCUT2D eigenvalue weighted by Gasteiger charge is 1.99. The first-order valence-electron chi connectivity index (χ1n) is 23.4. The minimum atomic E-state index is -0.831. The lowest BCUT2D eigenvalue weighted by Gasteiger charge is -2.04. The maximum atomic E-state index is 10.5. The van der Waals surface area contributed by atoms with E-state index < -0.39 is 11.9 Å². The van der Waals surface area contributed by atoms with Gasteiger partial charge >= 0.3 is 11.9 Å². The van der Waals surface area contributed by atoms with Gasteiger partial charge in [-0.05, 0) is 44.9 Å². The van der Waals surface area contributed by atoms with Crippen molar-refractivity contribution in [1.82, 2.24) is 0 Å². The monoisotopic (exact) mass is 731 g/mol. The maximum absolute atomic E-state index is 10.5. The molecule has 4 heteroatoms. The Labute approximate surface area is 324 Å². The first-order valence-corrected chi connectivity index (χ1v) is 23.4. The predicted molar refractivity (Wildman–Crippen MR) is 227 cm³/mol. The Balaban J connectivity index is 3.11. The van der Waals surface area contributed by atoms with Crippen LogP contribution in [-0.2, 0) is 9.59 Å². The van der Waals surface area contributed by atoms with Crippen LogP contribution in [0.1, 0.15) is 270 Å². The molecule has 0 amide bonds. The van der Waals surface area contributed by atoms with Crippen molar-refractivity contribution in [3.05, 3.63) is 24.3 Å². The highest BCUT2D eigenvalue weighted by atomic mass is 16.4. The Morgan fingerprint density at radius 1 is 0.269 bits per heavy atom. The summed E-state index contributed by atoms with van der Waals surface area (Å²) in [6.07, 6.45) is 63.7. The van der Waals surface area contributed by atoms with Gasteiger partial charge < -0.3 is 10.2 Å². The van der Waals surface area contributed by atoms with Gasteiger partial charge in [0, 0.05) is 12.5 Å². The Kier molecular flexibility index (Phi) is 44.2. The Hall–Kier alpha value is -1.58. The van der Waals surface area contributed by atoms with Crippen LogP contribution in [0, 0.1) is 0 Å². The van der Waals surface area contributed by atoms with E-state index >= 15 is 0 Å². The van der Waals surface area contributed by atoms with E-state index in [9.17, 15) is 9.59 Å². The van der Waals surface area contributed by atoms with Crippen molar-refractivity contribution in [2.24, 2.45) is 0 Å². The zero-order chi connectivity index (χ0) is 37.7.